The van der Waals surface area contributed by atoms with Crippen molar-refractivity contribution >= 4 is 23.1 Å². The molecule has 1 aliphatic heterocycles. The number of anilines is 1. The molecule has 5 rings (SSSR count). The fourth-order valence-corrected chi connectivity index (χ4v) is 4.55. The van der Waals surface area contributed by atoms with Gasteiger partial charge in [0.15, 0.2) is 11.6 Å². The van der Waals surface area contributed by atoms with Gasteiger partial charge in [0.1, 0.15) is 18.0 Å². The predicted octanol–water partition coefficient (Wildman–Crippen LogP) is 3.43. The molecular weight excluding hydrogens is 525 g/mol. The van der Waals surface area contributed by atoms with Crippen LogP contribution in [0.2, 0.25) is 0 Å². The van der Waals surface area contributed by atoms with E-state index in [2.05, 4.69) is 20.4 Å². The minimum atomic E-state index is -4.74. The number of nitrogens with one attached hydrogen (secondary N) is 1. The molecule has 3 aromatic heterocycles. The molecule has 14 heteroatoms. The number of amides is 2. The molecule has 0 unspecified atom stereocenters. The topological polar surface area (TPSA) is 119 Å². The number of carbonyl (C=O) groups is 2. The van der Waals surface area contributed by atoms with Crippen LogP contribution in [0, 0.1) is 12.7 Å². The molecule has 4 heterocycles. The third-order valence-corrected chi connectivity index (χ3v) is 6.52. The molecule has 0 saturated carbocycles. The number of nitrogen functional groups attached to an aromatic ring is 1. The van der Waals surface area contributed by atoms with E-state index in [0.717, 1.165) is 28.0 Å². The highest BCUT2D eigenvalue weighted by Gasteiger charge is 2.38. The molecule has 39 heavy (non-hydrogen) atoms. The Balaban J connectivity index is 1.42. The molecule has 2 amide bonds. The van der Waals surface area contributed by atoms with Gasteiger partial charge in [0.25, 0.3) is 11.8 Å². The summed E-state index contributed by atoms with van der Waals surface area (Å²) in [5.74, 6) is -2.65. The fraction of sp³-hybridized carbons (Fsp3) is 0.240. The second kappa shape index (κ2) is 9.60. The maximum absolute atomic E-state index is 14.8. The van der Waals surface area contributed by atoms with E-state index in [1.54, 1.807) is 6.92 Å². The van der Waals surface area contributed by atoms with Crippen LogP contribution < -0.4 is 11.1 Å². The molecule has 202 valence electrons. The lowest BCUT2D eigenvalue weighted by atomic mass is 10.0. The lowest BCUT2D eigenvalue weighted by molar-refractivity contribution is -0.136. The molecule has 1 aromatic carbocycles. The number of benzene rings is 1. The first-order chi connectivity index (χ1) is 18.5. The third-order valence-electron chi connectivity index (χ3n) is 6.52. The summed E-state index contributed by atoms with van der Waals surface area (Å²) in [6.45, 7) is 1.04. The van der Waals surface area contributed by atoms with Crippen LogP contribution in [-0.2, 0) is 6.18 Å². The van der Waals surface area contributed by atoms with Crippen LogP contribution in [-0.4, -0.2) is 61.6 Å². The third kappa shape index (κ3) is 4.73. The first-order valence-corrected chi connectivity index (χ1v) is 11.6. The number of nitrogens with zero attached hydrogens (tertiary/aromatic N) is 5. The van der Waals surface area contributed by atoms with Gasteiger partial charge in [0.2, 0.25) is 0 Å². The largest absolute Gasteiger partial charge is 0.418 e. The maximum Gasteiger partial charge on any atom is 0.418 e. The number of pyridine rings is 1. The lowest BCUT2D eigenvalue weighted by Crippen LogP contribution is -2.42. The first-order valence-electron chi connectivity index (χ1n) is 11.6. The van der Waals surface area contributed by atoms with Crippen molar-refractivity contribution in [3.05, 3.63) is 77.1 Å². The van der Waals surface area contributed by atoms with Crippen LogP contribution in [0.1, 0.15) is 31.8 Å². The van der Waals surface area contributed by atoms with Gasteiger partial charge in [0.05, 0.1) is 35.6 Å². The van der Waals surface area contributed by atoms with Crippen molar-refractivity contribution in [2.75, 3.05) is 18.8 Å². The van der Waals surface area contributed by atoms with Gasteiger partial charge >= 0.3 is 6.18 Å². The highest BCUT2D eigenvalue weighted by atomic mass is 19.4. The number of nitrogens with two attached hydrogens (primary N) is 1. The number of hydrogen-bond donors (Lipinski definition) is 2. The Morgan fingerprint density at radius 1 is 1.13 bits per heavy atom. The summed E-state index contributed by atoms with van der Waals surface area (Å²) in [5.41, 5.74) is 4.77. The van der Waals surface area contributed by atoms with Crippen LogP contribution in [0.15, 0.2) is 49.1 Å². The first kappa shape index (κ1) is 26.0. The van der Waals surface area contributed by atoms with E-state index in [0.29, 0.717) is 5.56 Å². The summed E-state index contributed by atoms with van der Waals surface area (Å²) in [6, 6.07) is 5.37. The average molecular weight is 545 g/mol. The second-order valence-electron chi connectivity index (χ2n) is 9.04. The minimum absolute atomic E-state index is 0.0147. The van der Waals surface area contributed by atoms with E-state index >= 15 is 0 Å². The second-order valence-corrected chi connectivity index (χ2v) is 9.04. The Morgan fingerprint density at radius 3 is 2.62 bits per heavy atom. The van der Waals surface area contributed by atoms with Gasteiger partial charge in [-0.25, -0.2) is 18.3 Å². The van der Waals surface area contributed by atoms with Gasteiger partial charge in [0, 0.05) is 23.9 Å². The normalized spacial score (nSPS) is 17.5. The number of hydrogen-bond acceptors (Lipinski definition) is 6. The monoisotopic (exact) mass is 545 g/mol. The van der Waals surface area contributed by atoms with Crippen molar-refractivity contribution in [3.63, 3.8) is 0 Å². The molecule has 1 saturated heterocycles. The van der Waals surface area contributed by atoms with Crippen molar-refractivity contribution < 1.29 is 31.5 Å². The van der Waals surface area contributed by atoms with Gasteiger partial charge in [-0.05, 0) is 30.7 Å². The van der Waals surface area contributed by atoms with Crippen LogP contribution in [0.25, 0.3) is 16.8 Å². The van der Waals surface area contributed by atoms with Gasteiger partial charge < -0.3 is 16.0 Å². The number of aryl methyl sites for hydroxylation is 1. The average Bonchev–Trinajstić information content (AvgIpc) is 3.46. The Labute approximate surface area is 217 Å². The molecule has 2 atom stereocenters. The van der Waals surface area contributed by atoms with Crippen LogP contribution in [0.5, 0.6) is 0 Å². The number of aromatic nitrogens is 4. The number of alkyl halides is 4. The predicted molar refractivity (Wildman–Crippen MR) is 129 cm³/mol. The highest BCUT2D eigenvalue weighted by molar-refractivity contribution is 5.98. The van der Waals surface area contributed by atoms with Crippen LogP contribution in [0.3, 0.4) is 0 Å². The fourth-order valence-electron chi connectivity index (χ4n) is 4.55. The summed E-state index contributed by atoms with van der Waals surface area (Å²) in [4.78, 5) is 34.1. The highest BCUT2D eigenvalue weighted by Crippen LogP contribution is 2.38. The zero-order valence-corrected chi connectivity index (χ0v) is 20.2. The number of fused-ring (bicyclic) bond motifs is 1. The van der Waals surface area contributed by atoms with Crippen LogP contribution >= 0.6 is 0 Å². The smallest absolute Gasteiger partial charge is 0.382 e. The van der Waals surface area contributed by atoms with Gasteiger partial charge in [-0.3, -0.25) is 14.6 Å². The maximum atomic E-state index is 14.8. The number of carbonyl (C=O) groups excluding carboxylic acids is 2. The van der Waals surface area contributed by atoms with Gasteiger partial charge in [-0.15, -0.1) is 0 Å². The number of halogens is 5. The SMILES string of the molecule is Cc1ccc(-c2cc(C(F)(F)F)c3c(N)ncnn23)cc1C(=O)N[C@@H]1CN(C(=O)c2ccncc2F)C[C@@H]1F. The minimum Gasteiger partial charge on any atom is -0.382 e. The van der Waals surface area contributed by atoms with E-state index in [1.165, 1.54) is 30.5 Å². The lowest BCUT2D eigenvalue weighted by Gasteiger charge is -2.18. The van der Waals surface area contributed by atoms with Crippen molar-refractivity contribution in [3.8, 4) is 11.3 Å². The summed E-state index contributed by atoms with van der Waals surface area (Å²) in [6.07, 6.45) is -3.25. The number of likely N-dealkylation sites (tertiary alicyclic amines) is 1. The molecule has 0 aliphatic carbocycles. The summed E-state index contributed by atoms with van der Waals surface area (Å²) in [7, 11) is 0. The Hall–Kier alpha value is -4.62. The van der Waals surface area contributed by atoms with Crippen molar-refractivity contribution in [2.24, 2.45) is 0 Å². The zero-order chi connectivity index (χ0) is 28.1. The molecule has 0 radical (unpaired) electrons. The molecule has 3 N–H and O–H groups in total. The van der Waals surface area contributed by atoms with E-state index in [1.807, 2.05) is 0 Å². The molecular formula is C25H20F5N7O2. The summed E-state index contributed by atoms with van der Waals surface area (Å²) in [5, 5.41) is 6.45. The van der Waals surface area contributed by atoms with E-state index in [4.69, 9.17) is 5.73 Å². The Bertz CT molecular complexity index is 1600. The van der Waals surface area contributed by atoms with Crippen molar-refractivity contribution in [1.82, 2.24) is 29.8 Å². The van der Waals surface area contributed by atoms with Gasteiger partial charge in [-0.2, -0.15) is 18.3 Å². The molecule has 4 aromatic rings. The van der Waals surface area contributed by atoms with Crippen molar-refractivity contribution in [1.29, 1.82) is 0 Å². The van der Waals surface area contributed by atoms with Gasteiger partial charge in [-0.1, -0.05) is 12.1 Å². The molecule has 1 fully saturated rings. The van der Waals surface area contributed by atoms with E-state index < -0.39 is 47.1 Å². The summed E-state index contributed by atoms with van der Waals surface area (Å²) >= 11 is 0. The molecule has 0 spiro atoms. The Morgan fingerprint density at radius 2 is 1.90 bits per heavy atom. The van der Waals surface area contributed by atoms with E-state index in [9.17, 15) is 31.5 Å². The van der Waals surface area contributed by atoms with Crippen LogP contribution in [0.4, 0.5) is 27.8 Å². The Kier molecular flexibility index (Phi) is 6.40. The zero-order valence-electron chi connectivity index (χ0n) is 20.2. The molecule has 1 aliphatic rings. The quantitative estimate of drug-likeness (QED) is 0.380. The molecule has 0 bridgehead atoms. The van der Waals surface area contributed by atoms with Crippen molar-refractivity contribution in [2.45, 2.75) is 25.3 Å². The standard InChI is InChI=1S/C25H20F5N7O2/c1-12-2-3-13(20-7-16(25(28,29)30)21-22(31)33-11-34-37(20)21)6-15(12)23(38)35-19-10-36(9-18(19)27)24(39)14-4-5-32-8-17(14)26/h2-8,11,18-19H,9-10H2,1H3,(H,35,38)(H2,31,33,34)/t18-,19+/m0/s1. The molecule has 9 nitrogen and oxygen atoms in total. The van der Waals surface area contributed by atoms with E-state index in [-0.39, 0.29) is 41.3 Å². The number of rotatable bonds is 4. The summed E-state index contributed by atoms with van der Waals surface area (Å²) < 4.78 is 70.9.